The van der Waals surface area contributed by atoms with E-state index in [-0.39, 0.29) is 5.91 Å². The number of benzene rings is 1. The topological polar surface area (TPSA) is 50.8 Å². The number of ether oxygens (including phenoxy) is 2. The van der Waals surface area contributed by atoms with E-state index in [1.54, 1.807) is 7.11 Å². The Balaban J connectivity index is 1.81. The summed E-state index contributed by atoms with van der Waals surface area (Å²) >= 11 is 0. The van der Waals surface area contributed by atoms with Crippen LogP contribution in [0, 0.1) is 0 Å². The smallest absolute Gasteiger partial charge is 0.222 e. The van der Waals surface area contributed by atoms with Crippen molar-refractivity contribution in [2.24, 2.45) is 0 Å². The average molecular weight is 320 g/mol. The third-order valence-corrected chi connectivity index (χ3v) is 4.02. The van der Waals surface area contributed by atoms with E-state index in [1.165, 1.54) is 5.56 Å². The Hall–Kier alpha value is -1.75. The minimum Gasteiger partial charge on any atom is -0.493 e. The summed E-state index contributed by atoms with van der Waals surface area (Å²) in [5.41, 5.74) is 1.18. The van der Waals surface area contributed by atoms with Gasteiger partial charge in [-0.25, -0.2) is 0 Å². The molecule has 0 aromatic heterocycles. The molecule has 0 radical (unpaired) electrons. The fourth-order valence-corrected chi connectivity index (χ4v) is 2.71. The van der Waals surface area contributed by atoms with Gasteiger partial charge in [0, 0.05) is 32.6 Å². The molecule has 0 spiro atoms. The van der Waals surface area contributed by atoms with Crippen molar-refractivity contribution in [3.05, 3.63) is 23.8 Å². The zero-order valence-corrected chi connectivity index (χ0v) is 14.3. The van der Waals surface area contributed by atoms with E-state index in [9.17, 15) is 4.79 Å². The predicted octanol–water partition coefficient (Wildman–Crippen LogP) is 2.24. The van der Waals surface area contributed by atoms with Gasteiger partial charge in [-0.3, -0.25) is 4.79 Å². The van der Waals surface area contributed by atoms with Crippen LogP contribution in [0.2, 0.25) is 0 Å². The lowest BCUT2D eigenvalue weighted by atomic mass is 10.1. The van der Waals surface area contributed by atoms with Crippen molar-refractivity contribution >= 4 is 5.91 Å². The lowest BCUT2D eigenvalue weighted by molar-refractivity contribution is -0.131. The minimum absolute atomic E-state index is 0.265. The van der Waals surface area contributed by atoms with Crippen molar-refractivity contribution in [3.63, 3.8) is 0 Å². The van der Waals surface area contributed by atoms with Crippen LogP contribution in [0.5, 0.6) is 11.5 Å². The molecule has 1 aromatic rings. The molecule has 128 valence electrons. The number of carbonyl (C=O) groups is 1. The first kappa shape index (κ1) is 17.6. The molecule has 1 N–H and O–H groups in total. The fraction of sp³-hybridized carbons (Fsp3) is 0.611. The summed E-state index contributed by atoms with van der Waals surface area (Å²) in [4.78, 5) is 14.1. The molecule has 1 aliphatic rings. The number of methoxy groups -OCH3 is 1. The van der Waals surface area contributed by atoms with Crippen LogP contribution in [0.25, 0.3) is 0 Å². The maximum Gasteiger partial charge on any atom is 0.222 e. The first-order valence-electron chi connectivity index (χ1n) is 8.52. The van der Waals surface area contributed by atoms with E-state index in [0.717, 1.165) is 56.9 Å². The molecule has 2 rings (SSSR count). The van der Waals surface area contributed by atoms with Gasteiger partial charge in [-0.05, 0) is 37.0 Å². The van der Waals surface area contributed by atoms with Gasteiger partial charge in [-0.1, -0.05) is 13.0 Å². The second kappa shape index (κ2) is 9.40. The number of carbonyl (C=O) groups excluding carboxylic acids is 1. The molecule has 5 nitrogen and oxygen atoms in total. The van der Waals surface area contributed by atoms with Gasteiger partial charge in [0.15, 0.2) is 11.5 Å². The molecule has 0 saturated carbocycles. The van der Waals surface area contributed by atoms with Gasteiger partial charge in [0.25, 0.3) is 0 Å². The number of piperazine rings is 1. The summed E-state index contributed by atoms with van der Waals surface area (Å²) in [6.07, 6.45) is 3.32. The molecule has 0 atom stereocenters. The monoisotopic (exact) mass is 320 g/mol. The number of amides is 1. The highest BCUT2D eigenvalue weighted by atomic mass is 16.5. The maximum atomic E-state index is 12.1. The van der Waals surface area contributed by atoms with Gasteiger partial charge < -0.3 is 19.7 Å². The highest BCUT2D eigenvalue weighted by molar-refractivity contribution is 5.76. The predicted molar refractivity (Wildman–Crippen MR) is 91.2 cm³/mol. The quantitative estimate of drug-likeness (QED) is 0.798. The normalized spacial score (nSPS) is 14.6. The third kappa shape index (κ3) is 5.43. The maximum absolute atomic E-state index is 12.1. The highest BCUT2D eigenvalue weighted by Crippen LogP contribution is 2.28. The van der Waals surface area contributed by atoms with Gasteiger partial charge in [-0.15, -0.1) is 0 Å². The first-order valence-corrected chi connectivity index (χ1v) is 8.52. The van der Waals surface area contributed by atoms with E-state index in [2.05, 4.69) is 18.3 Å². The van der Waals surface area contributed by atoms with E-state index in [4.69, 9.17) is 9.47 Å². The Morgan fingerprint density at radius 2 is 2.04 bits per heavy atom. The molecule has 0 unspecified atom stereocenters. The summed E-state index contributed by atoms with van der Waals surface area (Å²) in [6.45, 7) is 6.24. The molecule has 23 heavy (non-hydrogen) atoms. The molecular weight excluding hydrogens is 292 g/mol. The second-order valence-electron chi connectivity index (χ2n) is 5.82. The largest absolute Gasteiger partial charge is 0.493 e. The zero-order chi connectivity index (χ0) is 16.5. The Morgan fingerprint density at radius 1 is 1.26 bits per heavy atom. The number of hydrogen-bond acceptors (Lipinski definition) is 4. The number of hydrogen-bond donors (Lipinski definition) is 1. The summed E-state index contributed by atoms with van der Waals surface area (Å²) < 4.78 is 11.1. The highest BCUT2D eigenvalue weighted by Gasteiger charge is 2.15. The Bertz CT molecular complexity index is 499. The Labute approximate surface area is 139 Å². The average Bonchev–Trinajstić information content (AvgIpc) is 2.61. The van der Waals surface area contributed by atoms with E-state index < -0.39 is 0 Å². The molecule has 5 heteroatoms. The molecule has 1 saturated heterocycles. The van der Waals surface area contributed by atoms with E-state index >= 15 is 0 Å². The molecule has 1 fully saturated rings. The van der Waals surface area contributed by atoms with Crippen molar-refractivity contribution in [1.29, 1.82) is 0 Å². The van der Waals surface area contributed by atoms with Crippen LogP contribution in [0.1, 0.15) is 31.7 Å². The lowest BCUT2D eigenvalue weighted by Gasteiger charge is -2.27. The molecule has 1 heterocycles. The van der Waals surface area contributed by atoms with Gasteiger partial charge in [-0.2, -0.15) is 0 Å². The zero-order valence-electron chi connectivity index (χ0n) is 14.3. The van der Waals surface area contributed by atoms with Crippen molar-refractivity contribution in [3.8, 4) is 11.5 Å². The van der Waals surface area contributed by atoms with Crippen LogP contribution < -0.4 is 14.8 Å². The van der Waals surface area contributed by atoms with Crippen LogP contribution >= 0.6 is 0 Å². The molecule has 0 bridgehead atoms. The van der Waals surface area contributed by atoms with Crippen molar-refractivity contribution in [1.82, 2.24) is 10.2 Å². The number of nitrogens with zero attached hydrogens (tertiary/aromatic N) is 1. The number of nitrogens with one attached hydrogen (secondary N) is 1. The van der Waals surface area contributed by atoms with Crippen LogP contribution in [-0.2, 0) is 11.2 Å². The summed E-state index contributed by atoms with van der Waals surface area (Å²) in [6, 6.07) is 6.03. The first-order chi connectivity index (χ1) is 11.2. The number of aryl methyl sites for hydroxylation is 1. The molecule has 1 aliphatic heterocycles. The standard InChI is InChI=1S/C18H28N2O3/c1-3-13-23-16-8-7-15(14-17(16)22-2)5-4-6-18(21)20-11-9-19-10-12-20/h7-8,14,19H,3-6,9-13H2,1-2H3. The number of rotatable bonds is 8. The van der Waals surface area contributed by atoms with Gasteiger partial charge >= 0.3 is 0 Å². The minimum atomic E-state index is 0.265. The van der Waals surface area contributed by atoms with Crippen molar-refractivity contribution in [2.45, 2.75) is 32.6 Å². The second-order valence-corrected chi connectivity index (χ2v) is 5.82. The molecular formula is C18H28N2O3. The van der Waals surface area contributed by atoms with E-state index in [0.29, 0.717) is 13.0 Å². The third-order valence-electron chi connectivity index (χ3n) is 4.02. The van der Waals surface area contributed by atoms with Crippen molar-refractivity contribution < 1.29 is 14.3 Å². The van der Waals surface area contributed by atoms with Crippen molar-refractivity contribution in [2.75, 3.05) is 39.9 Å². The molecule has 0 aliphatic carbocycles. The van der Waals surface area contributed by atoms with Gasteiger partial charge in [0.1, 0.15) is 0 Å². The van der Waals surface area contributed by atoms with E-state index in [1.807, 2.05) is 17.0 Å². The van der Waals surface area contributed by atoms with Gasteiger partial charge in [0.2, 0.25) is 5.91 Å². The Morgan fingerprint density at radius 3 is 2.74 bits per heavy atom. The van der Waals surface area contributed by atoms with Crippen LogP contribution in [0.15, 0.2) is 18.2 Å². The summed E-state index contributed by atoms with van der Waals surface area (Å²) in [7, 11) is 1.66. The Kier molecular flexibility index (Phi) is 7.20. The van der Waals surface area contributed by atoms with Crippen LogP contribution in [0.4, 0.5) is 0 Å². The summed E-state index contributed by atoms with van der Waals surface area (Å²) in [5.74, 6) is 1.82. The fourth-order valence-electron chi connectivity index (χ4n) is 2.71. The lowest BCUT2D eigenvalue weighted by Crippen LogP contribution is -2.46. The van der Waals surface area contributed by atoms with Gasteiger partial charge in [0.05, 0.1) is 13.7 Å². The molecule has 1 amide bonds. The SMILES string of the molecule is CCCOc1ccc(CCCC(=O)N2CCNCC2)cc1OC. The van der Waals surface area contributed by atoms with Crippen LogP contribution in [0.3, 0.4) is 0 Å². The van der Waals surface area contributed by atoms with Crippen LogP contribution in [-0.4, -0.2) is 50.7 Å². The summed E-state index contributed by atoms with van der Waals surface area (Å²) in [5, 5.41) is 3.26. The molecule has 1 aromatic carbocycles.